The highest BCUT2D eigenvalue weighted by Gasteiger charge is 2.19. The number of H-pyrrole nitrogens is 1. The number of carbonyl (C=O) groups excluding carboxylic acids is 1. The molecule has 2 aromatic carbocycles. The summed E-state index contributed by atoms with van der Waals surface area (Å²) in [6.07, 6.45) is 0.903. The van der Waals surface area contributed by atoms with E-state index in [1.54, 1.807) is 29.2 Å². The SMILES string of the molecule is CCC(CN(CC)C(=O)Cn1[nH]c(=O)c2ccccc2c1=O)c1ccccc1. The second kappa shape index (κ2) is 8.69. The number of hydrogen-bond acceptors (Lipinski definition) is 3. The monoisotopic (exact) mass is 379 g/mol. The molecule has 0 radical (unpaired) electrons. The van der Waals surface area contributed by atoms with Crippen molar-refractivity contribution in [1.29, 1.82) is 0 Å². The molecule has 6 heteroatoms. The Morgan fingerprint density at radius 2 is 1.64 bits per heavy atom. The van der Waals surface area contributed by atoms with Crippen molar-refractivity contribution in [3.63, 3.8) is 0 Å². The molecule has 146 valence electrons. The van der Waals surface area contributed by atoms with E-state index in [2.05, 4.69) is 24.2 Å². The molecule has 0 fully saturated rings. The van der Waals surface area contributed by atoms with Crippen LogP contribution in [0, 0.1) is 0 Å². The van der Waals surface area contributed by atoms with Crippen LogP contribution in [0.2, 0.25) is 0 Å². The molecule has 6 nitrogen and oxygen atoms in total. The number of carbonyl (C=O) groups is 1. The van der Waals surface area contributed by atoms with Gasteiger partial charge in [-0.25, -0.2) is 4.68 Å². The second-order valence-electron chi connectivity index (χ2n) is 6.83. The standard InChI is InChI=1S/C22H25N3O3/c1-3-16(17-10-6-5-7-11-17)14-24(4-2)20(26)15-25-22(28)19-13-9-8-12-18(19)21(27)23-25/h5-13,16H,3-4,14-15H2,1-2H3,(H,23,27). The Balaban J connectivity index is 1.83. The zero-order chi connectivity index (χ0) is 20.1. The summed E-state index contributed by atoms with van der Waals surface area (Å²) in [7, 11) is 0. The minimum Gasteiger partial charge on any atom is -0.341 e. The molecule has 1 aromatic heterocycles. The molecule has 28 heavy (non-hydrogen) atoms. The summed E-state index contributed by atoms with van der Waals surface area (Å²) in [5.41, 5.74) is 0.448. The molecular weight excluding hydrogens is 354 g/mol. The molecule has 1 amide bonds. The fraction of sp³-hybridized carbons (Fsp3) is 0.318. The largest absolute Gasteiger partial charge is 0.341 e. The van der Waals surface area contributed by atoms with Crippen LogP contribution in [-0.4, -0.2) is 33.7 Å². The lowest BCUT2D eigenvalue weighted by Crippen LogP contribution is -2.40. The minimum atomic E-state index is -0.373. The van der Waals surface area contributed by atoms with Crippen LogP contribution in [0.15, 0.2) is 64.2 Å². The number of nitrogens with zero attached hydrogens (tertiary/aromatic N) is 2. The van der Waals surface area contributed by atoms with E-state index in [1.165, 1.54) is 5.56 Å². The number of benzene rings is 2. The van der Waals surface area contributed by atoms with E-state index >= 15 is 0 Å². The van der Waals surface area contributed by atoms with Gasteiger partial charge in [0.15, 0.2) is 0 Å². The van der Waals surface area contributed by atoms with E-state index in [9.17, 15) is 14.4 Å². The normalized spacial score (nSPS) is 12.1. The number of hydrogen-bond donors (Lipinski definition) is 1. The highest BCUT2D eigenvalue weighted by Crippen LogP contribution is 2.20. The van der Waals surface area contributed by atoms with E-state index in [1.807, 2.05) is 25.1 Å². The zero-order valence-corrected chi connectivity index (χ0v) is 16.2. The third-order valence-electron chi connectivity index (χ3n) is 5.12. The maximum Gasteiger partial charge on any atom is 0.273 e. The van der Waals surface area contributed by atoms with Gasteiger partial charge in [-0.15, -0.1) is 0 Å². The van der Waals surface area contributed by atoms with E-state index < -0.39 is 0 Å². The lowest BCUT2D eigenvalue weighted by molar-refractivity contribution is -0.132. The van der Waals surface area contributed by atoms with Gasteiger partial charge < -0.3 is 4.90 Å². The lowest BCUT2D eigenvalue weighted by atomic mass is 9.96. The third kappa shape index (κ3) is 4.06. The zero-order valence-electron chi connectivity index (χ0n) is 16.2. The van der Waals surface area contributed by atoms with E-state index in [-0.39, 0.29) is 29.5 Å². The summed E-state index contributed by atoms with van der Waals surface area (Å²) in [5, 5.41) is 3.18. The van der Waals surface area contributed by atoms with Crippen molar-refractivity contribution < 1.29 is 4.79 Å². The number of aromatic nitrogens is 2. The average molecular weight is 379 g/mol. The number of amides is 1. The van der Waals surface area contributed by atoms with Gasteiger partial charge in [0, 0.05) is 19.0 Å². The first kappa shape index (κ1) is 19.6. The second-order valence-corrected chi connectivity index (χ2v) is 6.83. The predicted molar refractivity (Wildman–Crippen MR) is 111 cm³/mol. The van der Waals surface area contributed by atoms with Crippen molar-refractivity contribution in [2.24, 2.45) is 0 Å². The first-order chi connectivity index (χ1) is 13.5. The van der Waals surface area contributed by atoms with Crippen LogP contribution in [-0.2, 0) is 11.3 Å². The molecule has 1 atom stereocenters. The molecule has 0 saturated heterocycles. The Morgan fingerprint density at radius 1 is 1.00 bits per heavy atom. The van der Waals surface area contributed by atoms with E-state index in [0.29, 0.717) is 23.9 Å². The molecule has 0 spiro atoms. The van der Waals surface area contributed by atoms with Crippen LogP contribution >= 0.6 is 0 Å². The first-order valence-electron chi connectivity index (χ1n) is 9.59. The van der Waals surface area contributed by atoms with Crippen molar-refractivity contribution in [2.75, 3.05) is 13.1 Å². The number of fused-ring (bicyclic) bond motifs is 1. The summed E-state index contributed by atoms with van der Waals surface area (Å²) >= 11 is 0. The Hall–Kier alpha value is -3.15. The Bertz CT molecular complexity index is 1070. The quantitative estimate of drug-likeness (QED) is 0.686. The first-order valence-corrected chi connectivity index (χ1v) is 9.59. The number of likely N-dealkylation sites (N-methyl/N-ethyl adjacent to an activating group) is 1. The van der Waals surface area contributed by atoms with Gasteiger partial charge in [-0.05, 0) is 31.0 Å². The molecule has 1 heterocycles. The summed E-state index contributed by atoms with van der Waals surface area (Å²) in [5.74, 6) is 0.0300. The van der Waals surface area contributed by atoms with Gasteiger partial charge in [0.2, 0.25) is 5.91 Å². The van der Waals surface area contributed by atoms with Crippen LogP contribution < -0.4 is 11.1 Å². The molecule has 0 aliphatic heterocycles. The summed E-state index contributed by atoms with van der Waals surface area (Å²) in [6, 6.07) is 16.7. The molecule has 3 rings (SSSR count). The van der Waals surface area contributed by atoms with Crippen LogP contribution in [0.3, 0.4) is 0 Å². The summed E-state index contributed by atoms with van der Waals surface area (Å²) in [4.78, 5) is 39.5. The Kier molecular flexibility index (Phi) is 6.09. The molecule has 0 bridgehead atoms. The number of aromatic amines is 1. The highest BCUT2D eigenvalue weighted by molar-refractivity contribution is 5.81. The molecule has 1 N–H and O–H groups in total. The van der Waals surface area contributed by atoms with Crippen molar-refractivity contribution in [3.8, 4) is 0 Å². The molecular formula is C22H25N3O3. The Morgan fingerprint density at radius 3 is 2.29 bits per heavy atom. The van der Waals surface area contributed by atoms with Gasteiger partial charge in [-0.3, -0.25) is 19.5 Å². The van der Waals surface area contributed by atoms with Crippen LogP contribution in [0.1, 0.15) is 31.7 Å². The summed E-state index contributed by atoms with van der Waals surface area (Å²) in [6.45, 7) is 4.94. The molecule has 3 aromatic rings. The van der Waals surface area contributed by atoms with Gasteiger partial charge >= 0.3 is 0 Å². The average Bonchev–Trinajstić information content (AvgIpc) is 2.73. The molecule has 0 aliphatic rings. The van der Waals surface area contributed by atoms with Gasteiger partial charge in [-0.2, -0.15) is 0 Å². The van der Waals surface area contributed by atoms with Gasteiger partial charge in [-0.1, -0.05) is 49.4 Å². The van der Waals surface area contributed by atoms with E-state index in [0.717, 1.165) is 11.1 Å². The van der Waals surface area contributed by atoms with E-state index in [4.69, 9.17) is 0 Å². The predicted octanol–water partition coefficient (Wildman–Crippen LogP) is 2.73. The van der Waals surface area contributed by atoms with Crippen LogP contribution in [0.5, 0.6) is 0 Å². The van der Waals surface area contributed by atoms with Gasteiger partial charge in [0.05, 0.1) is 10.8 Å². The fourth-order valence-corrected chi connectivity index (χ4v) is 3.46. The van der Waals surface area contributed by atoms with Crippen molar-refractivity contribution in [1.82, 2.24) is 14.7 Å². The lowest BCUT2D eigenvalue weighted by Gasteiger charge is -2.26. The highest BCUT2D eigenvalue weighted by atomic mass is 16.2. The van der Waals surface area contributed by atoms with Gasteiger partial charge in [0.1, 0.15) is 6.54 Å². The molecule has 0 aliphatic carbocycles. The third-order valence-corrected chi connectivity index (χ3v) is 5.12. The molecule has 1 unspecified atom stereocenters. The minimum absolute atomic E-state index is 0.183. The topological polar surface area (TPSA) is 75.2 Å². The van der Waals surface area contributed by atoms with Crippen molar-refractivity contribution >= 4 is 16.7 Å². The maximum absolute atomic E-state index is 12.9. The van der Waals surface area contributed by atoms with Crippen molar-refractivity contribution in [2.45, 2.75) is 32.7 Å². The smallest absolute Gasteiger partial charge is 0.273 e. The van der Waals surface area contributed by atoms with Gasteiger partial charge in [0.25, 0.3) is 11.1 Å². The van der Waals surface area contributed by atoms with Crippen molar-refractivity contribution in [3.05, 3.63) is 80.9 Å². The van der Waals surface area contributed by atoms with Crippen LogP contribution in [0.25, 0.3) is 10.8 Å². The van der Waals surface area contributed by atoms with Crippen LogP contribution in [0.4, 0.5) is 0 Å². The number of rotatable bonds is 7. The fourth-order valence-electron chi connectivity index (χ4n) is 3.46. The Labute approximate surface area is 163 Å². The maximum atomic E-state index is 12.9. The number of nitrogens with one attached hydrogen (secondary N) is 1. The summed E-state index contributed by atoms with van der Waals surface area (Å²) < 4.78 is 1.11. The molecule has 0 saturated carbocycles.